The maximum atomic E-state index is 12.1. The van der Waals surface area contributed by atoms with Crippen LogP contribution in [0.15, 0.2) is 18.2 Å². The number of carbonyl (C=O) groups is 1. The average molecular weight is 250 g/mol. The summed E-state index contributed by atoms with van der Waals surface area (Å²) in [6, 6.07) is 3.42. The van der Waals surface area contributed by atoms with Crippen LogP contribution >= 0.6 is 0 Å². The molecule has 94 valence electrons. The molecule has 0 aromatic heterocycles. The first-order valence-electron chi connectivity index (χ1n) is 4.39. The molecule has 0 aliphatic heterocycles. The third kappa shape index (κ3) is 3.54. The Hall–Kier alpha value is -1.92. The Kier molecular flexibility index (Phi) is 3.82. The molecule has 1 aromatic carbocycles. The summed E-state index contributed by atoms with van der Waals surface area (Å²) in [7, 11) is 2.34. The summed E-state index contributed by atoms with van der Waals surface area (Å²) in [6.45, 7) is 0. The van der Waals surface area contributed by atoms with Crippen LogP contribution in [0.25, 0.3) is 0 Å². The number of ether oxygens (including phenoxy) is 3. The number of hydrogen-bond donors (Lipinski definition) is 0. The summed E-state index contributed by atoms with van der Waals surface area (Å²) in [6.07, 6.45) is -4.89. The molecule has 0 N–H and O–H groups in total. The molecule has 0 bridgehead atoms. The molecule has 4 nitrogen and oxygen atoms in total. The second-order valence-electron chi connectivity index (χ2n) is 2.90. The lowest BCUT2D eigenvalue weighted by atomic mass is 10.2. The largest absolute Gasteiger partial charge is 0.573 e. The first kappa shape index (κ1) is 13.1. The van der Waals surface area contributed by atoms with Crippen molar-refractivity contribution in [2.45, 2.75) is 6.36 Å². The predicted octanol–water partition coefficient (Wildman–Crippen LogP) is 2.38. The van der Waals surface area contributed by atoms with Gasteiger partial charge in [0.1, 0.15) is 17.1 Å². The van der Waals surface area contributed by atoms with E-state index in [0.717, 1.165) is 19.2 Å². The number of esters is 1. The summed E-state index contributed by atoms with van der Waals surface area (Å²) in [4.78, 5) is 11.2. The summed E-state index contributed by atoms with van der Waals surface area (Å²) < 4.78 is 49.1. The second-order valence-corrected chi connectivity index (χ2v) is 2.90. The SMILES string of the molecule is COC(=O)c1ccc(OC)cc1OC(F)(F)F. The van der Waals surface area contributed by atoms with Crippen LogP contribution in [0.2, 0.25) is 0 Å². The van der Waals surface area contributed by atoms with Gasteiger partial charge in [0, 0.05) is 6.07 Å². The van der Waals surface area contributed by atoms with Crippen LogP contribution in [-0.2, 0) is 4.74 Å². The second kappa shape index (κ2) is 4.94. The van der Waals surface area contributed by atoms with Crippen molar-refractivity contribution in [2.75, 3.05) is 14.2 Å². The molecule has 0 saturated carbocycles. The van der Waals surface area contributed by atoms with Gasteiger partial charge in [-0.05, 0) is 12.1 Å². The summed E-state index contributed by atoms with van der Waals surface area (Å²) in [5.41, 5.74) is -0.328. The molecule has 0 unspecified atom stereocenters. The molecule has 0 fully saturated rings. The molecule has 0 heterocycles. The Morgan fingerprint density at radius 1 is 1.24 bits per heavy atom. The fraction of sp³-hybridized carbons (Fsp3) is 0.300. The first-order valence-corrected chi connectivity index (χ1v) is 4.39. The minimum absolute atomic E-state index is 0.136. The standard InChI is InChI=1S/C10H9F3O4/c1-15-6-3-4-7(9(14)16-2)8(5-6)17-10(11,12)13/h3-5H,1-2H3. The molecular weight excluding hydrogens is 241 g/mol. The van der Waals surface area contributed by atoms with Crippen molar-refractivity contribution < 1.29 is 32.2 Å². The Labute approximate surface area is 94.9 Å². The average Bonchev–Trinajstić information content (AvgIpc) is 2.25. The molecule has 0 radical (unpaired) electrons. The van der Waals surface area contributed by atoms with E-state index in [1.807, 2.05) is 0 Å². The van der Waals surface area contributed by atoms with Crippen LogP contribution in [0.4, 0.5) is 13.2 Å². The fourth-order valence-electron chi connectivity index (χ4n) is 1.12. The fourth-order valence-corrected chi connectivity index (χ4v) is 1.12. The number of hydrogen-bond acceptors (Lipinski definition) is 4. The third-order valence-electron chi connectivity index (χ3n) is 1.82. The normalized spacial score (nSPS) is 10.9. The van der Waals surface area contributed by atoms with Crippen molar-refractivity contribution in [3.63, 3.8) is 0 Å². The Balaban J connectivity index is 3.16. The predicted molar refractivity (Wildman–Crippen MR) is 51.0 cm³/mol. The molecule has 0 atom stereocenters. The van der Waals surface area contributed by atoms with E-state index in [2.05, 4.69) is 9.47 Å². The molecule has 0 amide bonds. The zero-order valence-electron chi connectivity index (χ0n) is 9.00. The van der Waals surface area contributed by atoms with Crippen LogP contribution < -0.4 is 9.47 Å². The van der Waals surface area contributed by atoms with E-state index in [1.54, 1.807) is 0 Å². The highest BCUT2D eigenvalue weighted by Crippen LogP contribution is 2.30. The van der Waals surface area contributed by atoms with Crippen molar-refractivity contribution >= 4 is 5.97 Å². The Morgan fingerprint density at radius 3 is 2.35 bits per heavy atom. The quantitative estimate of drug-likeness (QED) is 0.772. The van der Waals surface area contributed by atoms with E-state index in [4.69, 9.17) is 4.74 Å². The number of carbonyl (C=O) groups excluding carboxylic acids is 1. The molecule has 1 rings (SSSR count). The maximum absolute atomic E-state index is 12.1. The molecule has 7 heteroatoms. The van der Waals surface area contributed by atoms with Gasteiger partial charge in [-0.3, -0.25) is 0 Å². The van der Waals surface area contributed by atoms with Gasteiger partial charge in [0.15, 0.2) is 0 Å². The van der Waals surface area contributed by atoms with Crippen molar-refractivity contribution in [1.29, 1.82) is 0 Å². The van der Waals surface area contributed by atoms with E-state index in [0.29, 0.717) is 0 Å². The molecule has 0 saturated heterocycles. The summed E-state index contributed by atoms with van der Waals surface area (Å²) in [5, 5.41) is 0. The smallest absolute Gasteiger partial charge is 0.497 e. The van der Waals surface area contributed by atoms with Crippen molar-refractivity contribution in [3.05, 3.63) is 23.8 Å². The van der Waals surface area contributed by atoms with Crippen LogP contribution in [0.1, 0.15) is 10.4 Å². The Bertz CT molecular complexity index is 415. The molecule has 0 aliphatic carbocycles. The lowest BCUT2D eigenvalue weighted by molar-refractivity contribution is -0.274. The van der Waals surface area contributed by atoms with E-state index < -0.39 is 18.1 Å². The minimum atomic E-state index is -4.89. The van der Waals surface area contributed by atoms with Crippen molar-refractivity contribution in [2.24, 2.45) is 0 Å². The lowest BCUT2D eigenvalue weighted by Gasteiger charge is -2.13. The highest BCUT2D eigenvalue weighted by molar-refractivity contribution is 5.92. The van der Waals surface area contributed by atoms with Gasteiger partial charge < -0.3 is 14.2 Å². The molecule has 0 spiro atoms. The van der Waals surface area contributed by atoms with Gasteiger partial charge in [0.2, 0.25) is 0 Å². The van der Waals surface area contributed by atoms with Gasteiger partial charge in [-0.1, -0.05) is 0 Å². The molecule has 1 aromatic rings. The molecular formula is C10H9F3O4. The van der Waals surface area contributed by atoms with Crippen molar-refractivity contribution in [3.8, 4) is 11.5 Å². The highest BCUT2D eigenvalue weighted by atomic mass is 19.4. The van der Waals surface area contributed by atoms with Gasteiger partial charge in [0.25, 0.3) is 0 Å². The molecule has 0 aliphatic rings. The van der Waals surface area contributed by atoms with Crippen LogP contribution in [0.5, 0.6) is 11.5 Å². The number of benzene rings is 1. The lowest BCUT2D eigenvalue weighted by Crippen LogP contribution is -2.19. The zero-order valence-corrected chi connectivity index (χ0v) is 9.00. The maximum Gasteiger partial charge on any atom is 0.573 e. The van der Waals surface area contributed by atoms with Gasteiger partial charge in [-0.2, -0.15) is 0 Å². The van der Waals surface area contributed by atoms with Gasteiger partial charge in [0.05, 0.1) is 14.2 Å². The van der Waals surface area contributed by atoms with E-state index in [9.17, 15) is 18.0 Å². The summed E-state index contributed by atoms with van der Waals surface area (Å²) >= 11 is 0. The number of halogens is 3. The van der Waals surface area contributed by atoms with Gasteiger partial charge in [-0.25, -0.2) is 4.79 Å². The van der Waals surface area contributed by atoms with E-state index >= 15 is 0 Å². The number of rotatable bonds is 3. The van der Waals surface area contributed by atoms with Gasteiger partial charge in [-0.15, -0.1) is 13.2 Å². The van der Waals surface area contributed by atoms with E-state index in [-0.39, 0.29) is 11.3 Å². The highest BCUT2D eigenvalue weighted by Gasteiger charge is 2.33. The summed E-state index contributed by atoms with van der Waals surface area (Å²) in [5.74, 6) is -1.45. The van der Waals surface area contributed by atoms with Crippen LogP contribution in [-0.4, -0.2) is 26.6 Å². The monoisotopic (exact) mass is 250 g/mol. The number of methoxy groups -OCH3 is 2. The number of alkyl halides is 3. The first-order chi connectivity index (χ1) is 7.87. The van der Waals surface area contributed by atoms with Crippen molar-refractivity contribution in [1.82, 2.24) is 0 Å². The van der Waals surface area contributed by atoms with E-state index in [1.165, 1.54) is 13.2 Å². The Morgan fingerprint density at radius 2 is 1.88 bits per heavy atom. The van der Waals surface area contributed by atoms with Crippen LogP contribution in [0, 0.1) is 0 Å². The minimum Gasteiger partial charge on any atom is -0.497 e. The topological polar surface area (TPSA) is 44.8 Å². The zero-order chi connectivity index (χ0) is 13.1. The molecule has 17 heavy (non-hydrogen) atoms. The third-order valence-corrected chi connectivity index (χ3v) is 1.82. The van der Waals surface area contributed by atoms with Gasteiger partial charge >= 0.3 is 12.3 Å². The van der Waals surface area contributed by atoms with Crippen LogP contribution in [0.3, 0.4) is 0 Å².